The Hall–Kier alpha value is -1.85. The first-order valence-corrected chi connectivity index (χ1v) is 8.20. The molecule has 0 radical (unpaired) electrons. The standard InChI is InChI=1S/C17H20ClN3O2/c18-15-6-2-1-4-14(15)11-23-12-17(22)21-9-3-5-13(10-21)16-7-8-19-20-16/h1-2,4,6-8,13H,3,5,9-12H2,(H,19,20). The minimum atomic E-state index is 0.0290. The summed E-state index contributed by atoms with van der Waals surface area (Å²) in [6, 6.07) is 9.49. The first-order chi connectivity index (χ1) is 11.2. The number of ether oxygens (including phenoxy) is 1. The van der Waals surface area contributed by atoms with Gasteiger partial charge >= 0.3 is 0 Å². The van der Waals surface area contributed by atoms with E-state index < -0.39 is 0 Å². The fourth-order valence-electron chi connectivity index (χ4n) is 2.91. The van der Waals surface area contributed by atoms with Crippen LogP contribution in [0, 0.1) is 0 Å². The van der Waals surface area contributed by atoms with E-state index in [2.05, 4.69) is 10.2 Å². The molecule has 0 spiro atoms. The molecule has 0 saturated carbocycles. The van der Waals surface area contributed by atoms with Crippen molar-refractivity contribution in [1.29, 1.82) is 0 Å². The summed E-state index contributed by atoms with van der Waals surface area (Å²) >= 11 is 6.08. The zero-order valence-corrected chi connectivity index (χ0v) is 13.6. The minimum Gasteiger partial charge on any atom is -0.367 e. The summed E-state index contributed by atoms with van der Waals surface area (Å²) in [7, 11) is 0. The number of halogens is 1. The highest BCUT2D eigenvalue weighted by Gasteiger charge is 2.25. The average Bonchev–Trinajstić information content (AvgIpc) is 3.11. The molecular formula is C17H20ClN3O2. The summed E-state index contributed by atoms with van der Waals surface area (Å²) in [5.41, 5.74) is 2.00. The number of H-pyrrole nitrogens is 1. The summed E-state index contributed by atoms with van der Waals surface area (Å²) in [6.45, 7) is 1.94. The van der Waals surface area contributed by atoms with Crippen LogP contribution < -0.4 is 0 Å². The Balaban J connectivity index is 1.49. The van der Waals surface area contributed by atoms with Crippen LogP contribution in [0.3, 0.4) is 0 Å². The summed E-state index contributed by atoms with van der Waals surface area (Å²) in [5, 5.41) is 7.66. The van der Waals surface area contributed by atoms with Crippen LogP contribution in [-0.2, 0) is 16.1 Å². The highest BCUT2D eigenvalue weighted by molar-refractivity contribution is 6.31. The monoisotopic (exact) mass is 333 g/mol. The number of hydrogen-bond donors (Lipinski definition) is 1. The zero-order valence-electron chi connectivity index (χ0n) is 12.9. The maximum Gasteiger partial charge on any atom is 0.248 e. The van der Waals surface area contributed by atoms with Crippen molar-refractivity contribution >= 4 is 17.5 Å². The van der Waals surface area contributed by atoms with Crippen molar-refractivity contribution in [2.45, 2.75) is 25.4 Å². The molecule has 1 fully saturated rings. The van der Waals surface area contributed by atoms with Crippen molar-refractivity contribution < 1.29 is 9.53 Å². The quantitative estimate of drug-likeness (QED) is 0.915. The Morgan fingerprint density at radius 2 is 2.26 bits per heavy atom. The van der Waals surface area contributed by atoms with Crippen LogP contribution in [0.5, 0.6) is 0 Å². The number of nitrogens with one attached hydrogen (secondary N) is 1. The Kier molecular flexibility index (Phi) is 5.31. The van der Waals surface area contributed by atoms with E-state index in [1.165, 1.54) is 0 Å². The van der Waals surface area contributed by atoms with Gasteiger partial charge < -0.3 is 9.64 Å². The number of carbonyl (C=O) groups excluding carboxylic acids is 1. The molecule has 5 nitrogen and oxygen atoms in total. The lowest BCUT2D eigenvalue weighted by Gasteiger charge is -2.32. The molecule has 1 unspecified atom stereocenters. The molecule has 23 heavy (non-hydrogen) atoms. The van der Waals surface area contributed by atoms with Gasteiger partial charge in [0.15, 0.2) is 0 Å². The van der Waals surface area contributed by atoms with Gasteiger partial charge in [0.1, 0.15) is 6.61 Å². The molecule has 3 rings (SSSR count). The van der Waals surface area contributed by atoms with Crippen molar-refractivity contribution in [2.24, 2.45) is 0 Å². The molecule has 122 valence electrons. The van der Waals surface area contributed by atoms with Crippen LogP contribution in [0.1, 0.15) is 30.0 Å². The lowest BCUT2D eigenvalue weighted by atomic mass is 9.95. The largest absolute Gasteiger partial charge is 0.367 e. The Labute approximate surface area is 140 Å². The van der Waals surface area contributed by atoms with E-state index in [-0.39, 0.29) is 12.5 Å². The smallest absolute Gasteiger partial charge is 0.248 e. The fraction of sp³-hybridized carbons (Fsp3) is 0.412. The maximum absolute atomic E-state index is 12.3. The van der Waals surface area contributed by atoms with Gasteiger partial charge in [-0.2, -0.15) is 5.10 Å². The van der Waals surface area contributed by atoms with Crippen LogP contribution in [0.25, 0.3) is 0 Å². The second-order valence-electron chi connectivity index (χ2n) is 5.78. The first kappa shape index (κ1) is 16.0. The Morgan fingerprint density at radius 1 is 1.39 bits per heavy atom. The number of aromatic amines is 1. The van der Waals surface area contributed by atoms with Gasteiger partial charge in [-0.15, -0.1) is 0 Å². The van der Waals surface area contributed by atoms with Crippen molar-refractivity contribution in [3.8, 4) is 0 Å². The van der Waals surface area contributed by atoms with Gasteiger partial charge in [-0.1, -0.05) is 29.8 Å². The highest BCUT2D eigenvalue weighted by Crippen LogP contribution is 2.25. The van der Waals surface area contributed by atoms with Crippen molar-refractivity contribution in [1.82, 2.24) is 15.1 Å². The fourth-order valence-corrected chi connectivity index (χ4v) is 3.10. The molecule has 1 saturated heterocycles. The van der Waals surface area contributed by atoms with E-state index >= 15 is 0 Å². The third kappa shape index (κ3) is 4.12. The third-order valence-electron chi connectivity index (χ3n) is 4.18. The molecule has 0 bridgehead atoms. The third-order valence-corrected chi connectivity index (χ3v) is 4.55. The zero-order chi connectivity index (χ0) is 16.1. The number of aromatic nitrogens is 2. The second kappa shape index (κ2) is 7.62. The van der Waals surface area contributed by atoms with Gasteiger partial charge in [0.05, 0.1) is 6.61 Å². The molecule has 1 atom stereocenters. The van der Waals surface area contributed by atoms with E-state index in [0.717, 1.165) is 37.2 Å². The normalized spacial score (nSPS) is 18.1. The molecule has 1 amide bonds. The topological polar surface area (TPSA) is 58.2 Å². The van der Waals surface area contributed by atoms with Gasteiger partial charge in [0.2, 0.25) is 5.91 Å². The van der Waals surface area contributed by atoms with Crippen molar-refractivity contribution in [3.63, 3.8) is 0 Å². The number of likely N-dealkylation sites (tertiary alicyclic amines) is 1. The maximum atomic E-state index is 12.3. The van der Waals surface area contributed by atoms with Gasteiger partial charge in [-0.3, -0.25) is 9.89 Å². The molecule has 6 heteroatoms. The van der Waals surface area contributed by atoms with Crippen LogP contribution in [0.2, 0.25) is 5.02 Å². The SMILES string of the molecule is O=C(COCc1ccccc1Cl)N1CCCC(c2ccn[nH]2)C1. The molecule has 1 aliphatic rings. The first-order valence-electron chi connectivity index (χ1n) is 7.82. The van der Waals surface area contributed by atoms with Crippen LogP contribution in [-0.4, -0.2) is 40.7 Å². The van der Waals surface area contributed by atoms with Crippen LogP contribution in [0.15, 0.2) is 36.5 Å². The summed E-state index contributed by atoms with van der Waals surface area (Å²) < 4.78 is 5.55. The molecule has 1 aliphatic heterocycles. The molecule has 1 N–H and O–H groups in total. The number of hydrogen-bond acceptors (Lipinski definition) is 3. The van der Waals surface area contributed by atoms with E-state index in [1.807, 2.05) is 35.2 Å². The number of amides is 1. The van der Waals surface area contributed by atoms with Crippen molar-refractivity contribution in [3.05, 3.63) is 52.8 Å². The van der Waals surface area contributed by atoms with E-state index in [0.29, 0.717) is 17.5 Å². The molecular weight excluding hydrogens is 314 g/mol. The number of rotatable bonds is 5. The second-order valence-corrected chi connectivity index (χ2v) is 6.18. The molecule has 1 aromatic heterocycles. The average molecular weight is 334 g/mol. The van der Waals surface area contributed by atoms with E-state index in [1.54, 1.807) is 6.20 Å². The summed E-state index contributed by atoms with van der Waals surface area (Å²) in [5.74, 6) is 0.361. The lowest BCUT2D eigenvalue weighted by Crippen LogP contribution is -2.41. The van der Waals surface area contributed by atoms with Gasteiger partial charge in [0, 0.05) is 35.9 Å². The van der Waals surface area contributed by atoms with Crippen LogP contribution in [0.4, 0.5) is 0 Å². The molecule has 0 aliphatic carbocycles. The van der Waals surface area contributed by atoms with E-state index in [4.69, 9.17) is 16.3 Å². The number of nitrogens with zero attached hydrogens (tertiary/aromatic N) is 2. The van der Waals surface area contributed by atoms with Crippen molar-refractivity contribution in [2.75, 3.05) is 19.7 Å². The van der Waals surface area contributed by atoms with Crippen LogP contribution >= 0.6 is 11.6 Å². The minimum absolute atomic E-state index is 0.0290. The number of piperidine rings is 1. The molecule has 2 heterocycles. The Morgan fingerprint density at radius 3 is 3.04 bits per heavy atom. The molecule has 1 aromatic carbocycles. The van der Waals surface area contributed by atoms with Gasteiger partial charge in [0.25, 0.3) is 0 Å². The summed E-state index contributed by atoms with van der Waals surface area (Å²) in [4.78, 5) is 14.2. The Bertz CT molecular complexity index is 645. The predicted molar refractivity (Wildman–Crippen MR) is 88.3 cm³/mol. The number of benzene rings is 1. The predicted octanol–water partition coefficient (Wildman–Crippen LogP) is 2.99. The summed E-state index contributed by atoms with van der Waals surface area (Å²) in [6.07, 6.45) is 3.83. The highest BCUT2D eigenvalue weighted by atomic mass is 35.5. The van der Waals surface area contributed by atoms with Gasteiger partial charge in [-0.05, 0) is 30.5 Å². The lowest BCUT2D eigenvalue weighted by molar-refractivity contribution is -0.137. The van der Waals surface area contributed by atoms with Gasteiger partial charge in [-0.25, -0.2) is 0 Å². The number of carbonyl (C=O) groups is 1. The van der Waals surface area contributed by atoms with E-state index in [9.17, 15) is 4.79 Å². The molecule has 2 aromatic rings.